The van der Waals surface area contributed by atoms with Crippen LogP contribution in [-0.2, 0) is 11.2 Å². The van der Waals surface area contributed by atoms with Gasteiger partial charge in [-0.1, -0.05) is 56.9 Å². The van der Waals surface area contributed by atoms with E-state index in [1.54, 1.807) is 0 Å². The fourth-order valence-corrected chi connectivity index (χ4v) is 3.23. The molecule has 1 aromatic carbocycles. The standard InChI is InChI=1S/C18H28N2O/c1-2-3-4-5-6-11-18(21)20-13-12-15-9-7-8-10-16(15)17(20)14-19/h7-10,17H,2-6,11-14,19H2,1H3. The number of benzene rings is 1. The van der Waals surface area contributed by atoms with Gasteiger partial charge in [0.25, 0.3) is 0 Å². The van der Waals surface area contributed by atoms with Crippen LogP contribution < -0.4 is 5.73 Å². The van der Waals surface area contributed by atoms with Crippen molar-refractivity contribution in [3.8, 4) is 0 Å². The number of amides is 1. The minimum atomic E-state index is 0.0677. The van der Waals surface area contributed by atoms with Crippen LogP contribution in [0.2, 0.25) is 0 Å². The number of hydrogen-bond donors (Lipinski definition) is 1. The van der Waals surface area contributed by atoms with E-state index in [4.69, 9.17) is 5.73 Å². The van der Waals surface area contributed by atoms with Crippen LogP contribution in [0.25, 0.3) is 0 Å². The van der Waals surface area contributed by atoms with Gasteiger partial charge in [0.15, 0.2) is 0 Å². The number of nitrogens with two attached hydrogens (primary N) is 1. The van der Waals surface area contributed by atoms with Crippen LogP contribution in [0.3, 0.4) is 0 Å². The number of hydrogen-bond acceptors (Lipinski definition) is 2. The van der Waals surface area contributed by atoms with Crippen molar-refractivity contribution in [2.24, 2.45) is 5.73 Å². The highest BCUT2D eigenvalue weighted by Crippen LogP contribution is 2.29. The van der Waals surface area contributed by atoms with Gasteiger partial charge in [0.05, 0.1) is 6.04 Å². The molecule has 3 nitrogen and oxygen atoms in total. The third kappa shape index (κ3) is 4.07. The maximum absolute atomic E-state index is 12.5. The van der Waals surface area contributed by atoms with E-state index in [2.05, 4.69) is 25.1 Å². The van der Waals surface area contributed by atoms with E-state index in [0.717, 1.165) is 25.8 Å². The Kier molecular flexibility index (Phi) is 6.24. The Morgan fingerprint density at radius 3 is 2.76 bits per heavy atom. The molecule has 1 unspecified atom stereocenters. The molecule has 21 heavy (non-hydrogen) atoms. The van der Waals surface area contributed by atoms with E-state index in [0.29, 0.717) is 13.0 Å². The summed E-state index contributed by atoms with van der Waals surface area (Å²) in [5.41, 5.74) is 8.54. The van der Waals surface area contributed by atoms with Crippen LogP contribution in [-0.4, -0.2) is 23.9 Å². The van der Waals surface area contributed by atoms with Crippen LogP contribution in [0.1, 0.15) is 62.6 Å². The van der Waals surface area contributed by atoms with E-state index in [1.165, 1.54) is 30.4 Å². The highest BCUT2D eigenvalue weighted by atomic mass is 16.2. The first-order valence-electron chi connectivity index (χ1n) is 8.35. The van der Waals surface area contributed by atoms with Crippen molar-refractivity contribution >= 4 is 5.91 Å². The maximum Gasteiger partial charge on any atom is 0.223 e. The van der Waals surface area contributed by atoms with Gasteiger partial charge in [-0.3, -0.25) is 4.79 Å². The smallest absolute Gasteiger partial charge is 0.223 e. The summed E-state index contributed by atoms with van der Waals surface area (Å²) in [4.78, 5) is 14.5. The lowest BCUT2D eigenvalue weighted by molar-refractivity contribution is -0.134. The first-order chi connectivity index (χ1) is 10.3. The van der Waals surface area contributed by atoms with Gasteiger partial charge in [-0.2, -0.15) is 0 Å². The average molecular weight is 288 g/mol. The second-order valence-corrected chi connectivity index (χ2v) is 5.95. The van der Waals surface area contributed by atoms with E-state index >= 15 is 0 Å². The Morgan fingerprint density at radius 2 is 2.00 bits per heavy atom. The van der Waals surface area contributed by atoms with Crippen molar-refractivity contribution < 1.29 is 4.79 Å². The Bertz CT molecular complexity index is 458. The number of unbranched alkanes of at least 4 members (excludes halogenated alkanes) is 4. The Balaban J connectivity index is 1.92. The molecule has 3 heteroatoms. The molecule has 1 aliphatic rings. The lowest BCUT2D eigenvalue weighted by Gasteiger charge is -2.37. The van der Waals surface area contributed by atoms with E-state index in [-0.39, 0.29) is 11.9 Å². The summed E-state index contributed by atoms with van der Waals surface area (Å²) in [7, 11) is 0. The minimum absolute atomic E-state index is 0.0677. The topological polar surface area (TPSA) is 46.3 Å². The van der Waals surface area contributed by atoms with Crippen molar-refractivity contribution in [2.45, 2.75) is 57.9 Å². The lowest BCUT2D eigenvalue weighted by Crippen LogP contribution is -2.43. The van der Waals surface area contributed by atoms with Gasteiger partial charge in [-0.25, -0.2) is 0 Å². The fourth-order valence-electron chi connectivity index (χ4n) is 3.23. The van der Waals surface area contributed by atoms with Crippen LogP contribution in [0, 0.1) is 0 Å². The Morgan fingerprint density at radius 1 is 1.24 bits per heavy atom. The predicted molar refractivity (Wildman–Crippen MR) is 87.0 cm³/mol. The molecule has 0 aliphatic carbocycles. The minimum Gasteiger partial charge on any atom is -0.334 e. The van der Waals surface area contributed by atoms with Crippen LogP contribution >= 0.6 is 0 Å². The summed E-state index contributed by atoms with van der Waals surface area (Å²) in [6.45, 7) is 3.54. The molecular weight excluding hydrogens is 260 g/mol. The van der Waals surface area contributed by atoms with Crippen LogP contribution in [0.4, 0.5) is 0 Å². The zero-order valence-electron chi connectivity index (χ0n) is 13.2. The summed E-state index contributed by atoms with van der Waals surface area (Å²) in [5, 5.41) is 0. The van der Waals surface area contributed by atoms with Gasteiger partial charge in [0.2, 0.25) is 5.91 Å². The zero-order valence-corrected chi connectivity index (χ0v) is 13.2. The molecule has 1 amide bonds. The molecule has 1 atom stereocenters. The number of fused-ring (bicyclic) bond motifs is 1. The van der Waals surface area contributed by atoms with Gasteiger partial charge >= 0.3 is 0 Å². The van der Waals surface area contributed by atoms with Crippen molar-refractivity contribution in [3.05, 3.63) is 35.4 Å². The van der Waals surface area contributed by atoms with Gasteiger partial charge in [-0.15, -0.1) is 0 Å². The highest BCUT2D eigenvalue weighted by Gasteiger charge is 2.28. The second kappa shape index (κ2) is 8.18. The molecule has 2 rings (SSSR count). The molecule has 1 aliphatic heterocycles. The molecule has 0 saturated carbocycles. The second-order valence-electron chi connectivity index (χ2n) is 5.95. The zero-order chi connectivity index (χ0) is 15.1. The van der Waals surface area contributed by atoms with E-state index in [1.807, 2.05) is 11.0 Å². The quantitative estimate of drug-likeness (QED) is 0.781. The number of nitrogens with zero attached hydrogens (tertiary/aromatic N) is 1. The normalized spacial score (nSPS) is 17.6. The van der Waals surface area contributed by atoms with Crippen molar-refractivity contribution in [1.29, 1.82) is 0 Å². The summed E-state index contributed by atoms with van der Waals surface area (Å²) >= 11 is 0. The van der Waals surface area contributed by atoms with E-state index in [9.17, 15) is 4.79 Å². The van der Waals surface area contributed by atoms with Gasteiger partial charge in [-0.05, 0) is 24.0 Å². The summed E-state index contributed by atoms with van der Waals surface area (Å²) in [6.07, 6.45) is 7.55. The molecule has 0 bridgehead atoms. The summed E-state index contributed by atoms with van der Waals surface area (Å²) in [5.74, 6) is 0.274. The molecular formula is C18H28N2O. The summed E-state index contributed by atoms with van der Waals surface area (Å²) < 4.78 is 0. The average Bonchev–Trinajstić information content (AvgIpc) is 2.53. The third-order valence-corrected chi connectivity index (χ3v) is 4.45. The highest BCUT2D eigenvalue weighted by molar-refractivity contribution is 5.77. The van der Waals surface area contributed by atoms with Gasteiger partial charge in [0.1, 0.15) is 0 Å². The molecule has 2 N–H and O–H groups in total. The SMILES string of the molecule is CCCCCCCC(=O)N1CCc2ccccc2C1CN. The molecule has 116 valence electrons. The Hall–Kier alpha value is -1.35. The molecule has 0 fully saturated rings. The van der Waals surface area contributed by atoms with Crippen molar-refractivity contribution in [1.82, 2.24) is 4.90 Å². The fraction of sp³-hybridized carbons (Fsp3) is 0.611. The van der Waals surface area contributed by atoms with Crippen molar-refractivity contribution in [2.75, 3.05) is 13.1 Å². The van der Waals surface area contributed by atoms with Gasteiger partial charge in [0, 0.05) is 19.5 Å². The number of carbonyl (C=O) groups is 1. The number of rotatable bonds is 7. The van der Waals surface area contributed by atoms with Crippen LogP contribution in [0.15, 0.2) is 24.3 Å². The molecule has 1 heterocycles. The monoisotopic (exact) mass is 288 g/mol. The lowest BCUT2D eigenvalue weighted by atomic mass is 9.92. The predicted octanol–water partition coefficient (Wildman–Crippen LogP) is 3.43. The molecule has 1 aromatic rings. The molecule has 0 spiro atoms. The van der Waals surface area contributed by atoms with Crippen LogP contribution in [0.5, 0.6) is 0 Å². The van der Waals surface area contributed by atoms with Crippen molar-refractivity contribution in [3.63, 3.8) is 0 Å². The Labute approximate surface area is 128 Å². The maximum atomic E-state index is 12.5. The van der Waals surface area contributed by atoms with E-state index < -0.39 is 0 Å². The number of carbonyl (C=O) groups excluding carboxylic acids is 1. The first-order valence-corrected chi connectivity index (χ1v) is 8.35. The molecule has 0 aromatic heterocycles. The molecule has 0 saturated heterocycles. The molecule has 0 radical (unpaired) electrons. The van der Waals surface area contributed by atoms with Gasteiger partial charge < -0.3 is 10.6 Å². The third-order valence-electron chi connectivity index (χ3n) is 4.45. The largest absolute Gasteiger partial charge is 0.334 e. The summed E-state index contributed by atoms with van der Waals surface area (Å²) in [6, 6.07) is 8.45. The first kappa shape index (κ1) is 16.0.